The Labute approximate surface area is 123 Å². The van der Waals surface area contributed by atoms with E-state index in [9.17, 15) is 13.2 Å². The molecule has 0 aliphatic rings. The molecule has 0 saturated carbocycles. The number of anilines is 1. The normalized spacial score (nSPS) is 11.9. The van der Waals surface area contributed by atoms with Crippen molar-refractivity contribution in [3.63, 3.8) is 0 Å². The number of methoxy groups -OCH3 is 1. The van der Waals surface area contributed by atoms with Gasteiger partial charge in [-0.1, -0.05) is 13.8 Å². The minimum absolute atomic E-state index is 0.00300. The molecule has 20 heavy (non-hydrogen) atoms. The second kappa shape index (κ2) is 7.00. The summed E-state index contributed by atoms with van der Waals surface area (Å²) in [7, 11) is -1.05. The highest BCUT2D eigenvalue weighted by atomic mass is 32.2. The van der Waals surface area contributed by atoms with E-state index < -0.39 is 16.2 Å². The number of nitrogens with zero attached hydrogens (tertiary/aromatic N) is 2. The SMILES string of the molecule is COC(=O)CCN(C)S(=O)(=O)Nc1nc(C(C)C)cs1. The van der Waals surface area contributed by atoms with Gasteiger partial charge in [0.15, 0.2) is 5.13 Å². The second-order valence-electron chi connectivity index (χ2n) is 4.49. The largest absolute Gasteiger partial charge is 0.469 e. The minimum atomic E-state index is -3.71. The van der Waals surface area contributed by atoms with E-state index in [1.165, 1.54) is 25.5 Å². The van der Waals surface area contributed by atoms with Crippen molar-refractivity contribution in [2.75, 3.05) is 25.4 Å². The summed E-state index contributed by atoms with van der Waals surface area (Å²) in [5.41, 5.74) is 0.838. The van der Waals surface area contributed by atoms with Gasteiger partial charge < -0.3 is 4.74 Å². The lowest BCUT2D eigenvalue weighted by molar-refractivity contribution is -0.140. The third-order valence-corrected chi connectivity index (χ3v) is 4.96. The van der Waals surface area contributed by atoms with E-state index in [0.29, 0.717) is 5.13 Å². The van der Waals surface area contributed by atoms with E-state index in [-0.39, 0.29) is 18.9 Å². The highest BCUT2D eigenvalue weighted by Gasteiger charge is 2.20. The fourth-order valence-electron chi connectivity index (χ4n) is 1.26. The lowest BCUT2D eigenvalue weighted by Gasteiger charge is -2.16. The molecule has 7 nitrogen and oxygen atoms in total. The first kappa shape index (κ1) is 16.9. The molecule has 0 amide bonds. The molecular formula is C11H19N3O4S2. The molecule has 1 aromatic heterocycles. The topological polar surface area (TPSA) is 88.6 Å². The maximum absolute atomic E-state index is 12.0. The molecule has 0 radical (unpaired) electrons. The van der Waals surface area contributed by atoms with E-state index >= 15 is 0 Å². The van der Waals surface area contributed by atoms with Gasteiger partial charge >= 0.3 is 16.2 Å². The number of rotatable bonds is 7. The molecule has 1 heterocycles. The van der Waals surface area contributed by atoms with Gasteiger partial charge in [-0.15, -0.1) is 11.3 Å². The van der Waals surface area contributed by atoms with Crippen molar-refractivity contribution < 1.29 is 17.9 Å². The van der Waals surface area contributed by atoms with Crippen molar-refractivity contribution in [1.82, 2.24) is 9.29 Å². The zero-order valence-electron chi connectivity index (χ0n) is 11.9. The van der Waals surface area contributed by atoms with Crippen LogP contribution in [0.2, 0.25) is 0 Å². The number of ether oxygens (including phenoxy) is 1. The first-order chi connectivity index (χ1) is 9.26. The monoisotopic (exact) mass is 321 g/mol. The summed E-state index contributed by atoms with van der Waals surface area (Å²) in [6, 6.07) is 0. The Balaban J connectivity index is 2.65. The summed E-state index contributed by atoms with van der Waals surface area (Å²) in [6.45, 7) is 4.01. The van der Waals surface area contributed by atoms with Crippen LogP contribution in [-0.2, 0) is 19.7 Å². The average Bonchev–Trinajstić information content (AvgIpc) is 2.83. The van der Waals surface area contributed by atoms with Gasteiger partial charge in [0.05, 0.1) is 19.2 Å². The summed E-state index contributed by atoms with van der Waals surface area (Å²) in [4.78, 5) is 15.2. The Morgan fingerprint density at radius 2 is 2.20 bits per heavy atom. The van der Waals surface area contributed by atoms with Crippen LogP contribution in [0.25, 0.3) is 0 Å². The van der Waals surface area contributed by atoms with Crippen LogP contribution < -0.4 is 4.72 Å². The molecule has 0 saturated heterocycles. The lowest BCUT2D eigenvalue weighted by Crippen LogP contribution is -2.34. The van der Waals surface area contributed by atoms with Crippen LogP contribution >= 0.6 is 11.3 Å². The predicted molar refractivity (Wildman–Crippen MR) is 78.0 cm³/mol. The number of nitrogens with one attached hydrogen (secondary N) is 1. The summed E-state index contributed by atoms with van der Waals surface area (Å²) in [5, 5.41) is 2.13. The summed E-state index contributed by atoms with van der Waals surface area (Å²) in [6.07, 6.45) is 0.00300. The van der Waals surface area contributed by atoms with Crippen LogP contribution in [0.4, 0.5) is 5.13 Å². The van der Waals surface area contributed by atoms with Gasteiger partial charge in [0.25, 0.3) is 0 Å². The maximum atomic E-state index is 12.0. The first-order valence-electron chi connectivity index (χ1n) is 6.02. The van der Waals surface area contributed by atoms with Gasteiger partial charge in [-0.3, -0.25) is 4.79 Å². The molecule has 1 N–H and O–H groups in total. The van der Waals surface area contributed by atoms with Gasteiger partial charge in [0, 0.05) is 19.0 Å². The number of hydrogen-bond acceptors (Lipinski definition) is 6. The Bertz CT molecular complexity index is 554. The molecule has 0 unspecified atom stereocenters. The molecule has 0 spiro atoms. The Hall–Kier alpha value is -1.19. The fourth-order valence-corrected chi connectivity index (χ4v) is 3.23. The Kier molecular flexibility index (Phi) is 5.90. The van der Waals surface area contributed by atoms with Crippen LogP contribution in [-0.4, -0.2) is 44.4 Å². The molecule has 1 aromatic rings. The fraction of sp³-hybridized carbons (Fsp3) is 0.636. The quantitative estimate of drug-likeness (QED) is 0.767. The summed E-state index contributed by atoms with van der Waals surface area (Å²) < 4.78 is 31.9. The van der Waals surface area contributed by atoms with E-state index in [2.05, 4.69) is 14.4 Å². The highest BCUT2D eigenvalue weighted by Crippen LogP contribution is 2.22. The molecule has 9 heteroatoms. The third-order valence-electron chi connectivity index (χ3n) is 2.60. The molecule has 114 valence electrons. The van der Waals surface area contributed by atoms with Gasteiger partial charge in [0.2, 0.25) is 0 Å². The van der Waals surface area contributed by atoms with Crippen molar-refractivity contribution in [2.45, 2.75) is 26.2 Å². The number of esters is 1. The predicted octanol–water partition coefficient (Wildman–Crippen LogP) is 1.42. The average molecular weight is 321 g/mol. The Morgan fingerprint density at radius 3 is 2.70 bits per heavy atom. The van der Waals surface area contributed by atoms with Crippen molar-refractivity contribution >= 4 is 32.6 Å². The number of carbonyl (C=O) groups excluding carboxylic acids is 1. The van der Waals surface area contributed by atoms with E-state index in [0.717, 1.165) is 10.00 Å². The summed E-state index contributed by atoms with van der Waals surface area (Å²) in [5.74, 6) is -0.218. The van der Waals surface area contributed by atoms with Gasteiger partial charge in [0.1, 0.15) is 0 Å². The molecule has 0 fully saturated rings. The number of carbonyl (C=O) groups is 1. The summed E-state index contributed by atoms with van der Waals surface area (Å²) >= 11 is 1.23. The maximum Gasteiger partial charge on any atom is 0.306 e. The van der Waals surface area contributed by atoms with Crippen molar-refractivity contribution in [3.8, 4) is 0 Å². The van der Waals surface area contributed by atoms with E-state index in [1.54, 1.807) is 0 Å². The van der Waals surface area contributed by atoms with E-state index in [4.69, 9.17) is 0 Å². The van der Waals surface area contributed by atoms with Crippen LogP contribution in [0.1, 0.15) is 31.9 Å². The van der Waals surface area contributed by atoms with Crippen molar-refractivity contribution in [1.29, 1.82) is 0 Å². The first-order valence-corrected chi connectivity index (χ1v) is 8.34. The standard InChI is InChI=1S/C11H19N3O4S2/c1-8(2)9-7-19-11(12-9)13-20(16,17)14(3)6-5-10(15)18-4/h7-8H,5-6H2,1-4H3,(H,12,13). The van der Waals surface area contributed by atoms with Gasteiger partial charge in [-0.05, 0) is 5.92 Å². The second-order valence-corrected chi connectivity index (χ2v) is 7.12. The smallest absolute Gasteiger partial charge is 0.306 e. The van der Waals surface area contributed by atoms with Crippen LogP contribution in [0.3, 0.4) is 0 Å². The number of hydrogen-bond donors (Lipinski definition) is 1. The molecule has 0 bridgehead atoms. The minimum Gasteiger partial charge on any atom is -0.469 e. The molecular weight excluding hydrogens is 302 g/mol. The van der Waals surface area contributed by atoms with Crippen molar-refractivity contribution in [2.24, 2.45) is 0 Å². The lowest BCUT2D eigenvalue weighted by atomic mass is 10.2. The number of aromatic nitrogens is 1. The van der Waals surface area contributed by atoms with Gasteiger partial charge in [-0.2, -0.15) is 12.7 Å². The number of thiazole rings is 1. The molecule has 0 atom stereocenters. The van der Waals surface area contributed by atoms with E-state index in [1.807, 2.05) is 19.2 Å². The van der Waals surface area contributed by atoms with Gasteiger partial charge in [-0.25, -0.2) is 9.71 Å². The zero-order chi connectivity index (χ0) is 15.3. The van der Waals surface area contributed by atoms with Crippen LogP contribution in [0, 0.1) is 0 Å². The third kappa shape index (κ3) is 4.73. The van der Waals surface area contributed by atoms with Crippen molar-refractivity contribution in [3.05, 3.63) is 11.1 Å². The highest BCUT2D eigenvalue weighted by molar-refractivity contribution is 7.90. The molecule has 0 aliphatic carbocycles. The zero-order valence-corrected chi connectivity index (χ0v) is 13.5. The van der Waals surface area contributed by atoms with Crippen LogP contribution in [0.15, 0.2) is 5.38 Å². The molecule has 0 aromatic carbocycles. The Morgan fingerprint density at radius 1 is 1.55 bits per heavy atom. The van der Waals surface area contributed by atoms with Crippen LogP contribution in [0.5, 0.6) is 0 Å². The molecule has 0 aliphatic heterocycles. The molecule has 1 rings (SSSR count).